The first-order chi connectivity index (χ1) is 12.1. The minimum atomic E-state index is -0.417. The van der Waals surface area contributed by atoms with Gasteiger partial charge in [-0.15, -0.1) is 0 Å². The van der Waals surface area contributed by atoms with Crippen LogP contribution in [0.3, 0.4) is 0 Å². The Labute approximate surface area is 153 Å². The molecule has 0 bridgehead atoms. The molecule has 0 aliphatic carbocycles. The highest BCUT2D eigenvalue weighted by molar-refractivity contribution is 9.10. The third-order valence-corrected chi connectivity index (χ3v) is 4.32. The molecule has 0 aliphatic rings. The number of methoxy groups -OCH3 is 1. The molecule has 3 rings (SSSR count). The van der Waals surface area contributed by atoms with Crippen LogP contribution in [0, 0.1) is 0 Å². The normalized spacial score (nSPS) is 11.8. The number of nitrogens with one attached hydrogen (secondary N) is 1. The lowest BCUT2D eigenvalue weighted by Gasteiger charge is -2.10. The predicted octanol–water partition coefficient (Wildman–Crippen LogP) is 4.00. The van der Waals surface area contributed by atoms with Crippen molar-refractivity contribution in [2.75, 3.05) is 7.11 Å². The SMILES string of the molecule is COc1ccc(-c2noc(C(C)NC(=O)c3ccccc3Br)n2)cc1. The first-order valence-electron chi connectivity index (χ1n) is 7.62. The van der Waals surface area contributed by atoms with Crippen molar-refractivity contribution in [2.24, 2.45) is 0 Å². The van der Waals surface area contributed by atoms with Gasteiger partial charge in [0.2, 0.25) is 11.7 Å². The Morgan fingerprint density at radius 3 is 2.60 bits per heavy atom. The second-order valence-electron chi connectivity index (χ2n) is 5.36. The van der Waals surface area contributed by atoms with E-state index in [4.69, 9.17) is 9.26 Å². The summed E-state index contributed by atoms with van der Waals surface area (Å²) in [5.74, 6) is 1.33. The molecular formula is C18H16BrN3O3. The van der Waals surface area contributed by atoms with Crippen LogP contribution in [0.2, 0.25) is 0 Å². The number of hydrogen-bond acceptors (Lipinski definition) is 5. The Bertz CT molecular complexity index is 877. The largest absolute Gasteiger partial charge is 0.497 e. The smallest absolute Gasteiger partial charge is 0.253 e. The van der Waals surface area contributed by atoms with Gasteiger partial charge in [0.05, 0.1) is 12.7 Å². The standard InChI is InChI=1S/C18H16BrN3O3/c1-11(20-17(23)14-5-3-4-6-15(14)19)18-21-16(22-25-18)12-7-9-13(24-2)10-8-12/h3-11H,1-2H3,(H,20,23). The topological polar surface area (TPSA) is 77.3 Å². The van der Waals surface area contributed by atoms with E-state index < -0.39 is 6.04 Å². The van der Waals surface area contributed by atoms with E-state index in [1.807, 2.05) is 36.4 Å². The highest BCUT2D eigenvalue weighted by Gasteiger charge is 2.19. The number of nitrogens with zero attached hydrogens (tertiary/aromatic N) is 2. The van der Waals surface area contributed by atoms with Crippen LogP contribution in [0.5, 0.6) is 5.75 Å². The number of carbonyl (C=O) groups excluding carboxylic acids is 1. The number of halogens is 1. The van der Waals surface area contributed by atoms with Crippen molar-refractivity contribution in [2.45, 2.75) is 13.0 Å². The summed E-state index contributed by atoms with van der Waals surface area (Å²) in [6.07, 6.45) is 0. The lowest BCUT2D eigenvalue weighted by atomic mass is 10.2. The summed E-state index contributed by atoms with van der Waals surface area (Å²) in [5.41, 5.74) is 1.35. The number of amides is 1. The molecule has 1 atom stereocenters. The van der Waals surface area contributed by atoms with E-state index in [1.54, 1.807) is 26.2 Å². The fourth-order valence-electron chi connectivity index (χ4n) is 2.25. The Morgan fingerprint density at radius 2 is 1.92 bits per heavy atom. The number of benzene rings is 2. The summed E-state index contributed by atoms with van der Waals surface area (Å²) in [6, 6.07) is 14.1. The summed E-state index contributed by atoms with van der Waals surface area (Å²) in [7, 11) is 1.61. The Hall–Kier alpha value is -2.67. The Balaban J connectivity index is 1.73. The maximum Gasteiger partial charge on any atom is 0.253 e. The molecule has 0 saturated heterocycles. The van der Waals surface area contributed by atoms with Gasteiger partial charge in [-0.3, -0.25) is 4.79 Å². The highest BCUT2D eigenvalue weighted by Crippen LogP contribution is 2.22. The van der Waals surface area contributed by atoms with Crippen molar-refractivity contribution < 1.29 is 14.1 Å². The molecule has 1 N–H and O–H groups in total. The molecule has 1 aromatic heterocycles. The van der Waals surface area contributed by atoms with Crippen molar-refractivity contribution in [3.05, 3.63) is 64.5 Å². The van der Waals surface area contributed by atoms with E-state index in [-0.39, 0.29) is 5.91 Å². The average molecular weight is 402 g/mol. The number of carbonyl (C=O) groups is 1. The van der Waals surface area contributed by atoms with Crippen LogP contribution in [0.4, 0.5) is 0 Å². The molecule has 0 saturated carbocycles. The number of ether oxygens (including phenoxy) is 1. The Morgan fingerprint density at radius 1 is 1.20 bits per heavy atom. The van der Waals surface area contributed by atoms with Crippen LogP contribution in [-0.2, 0) is 0 Å². The van der Waals surface area contributed by atoms with Crippen LogP contribution in [0.25, 0.3) is 11.4 Å². The Kier molecular flexibility index (Phi) is 5.14. The number of hydrogen-bond donors (Lipinski definition) is 1. The zero-order valence-corrected chi connectivity index (χ0v) is 15.3. The van der Waals surface area contributed by atoms with Crippen LogP contribution in [0.15, 0.2) is 57.5 Å². The summed E-state index contributed by atoms with van der Waals surface area (Å²) >= 11 is 3.37. The molecule has 128 valence electrons. The van der Waals surface area contributed by atoms with Crippen molar-refractivity contribution in [1.82, 2.24) is 15.5 Å². The van der Waals surface area contributed by atoms with Gasteiger partial charge in [0.1, 0.15) is 11.8 Å². The van der Waals surface area contributed by atoms with Crippen molar-refractivity contribution in [3.63, 3.8) is 0 Å². The number of aromatic nitrogens is 2. The van der Waals surface area contributed by atoms with Crippen LogP contribution >= 0.6 is 15.9 Å². The van der Waals surface area contributed by atoms with Crippen molar-refractivity contribution in [1.29, 1.82) is 0 Å². The van der Waals surface area contributed by atoms with Gasteiger partial charge in [0.25, 0.3) is 5.91 Å². The molecule has 7 heteroatoms. The van der Waals surface area contributed by atoms with Gasteiger partial charge in [-0.1, -0.05) is 17.3 Å². The van der Waals surface area contributed by atoms with E-state index in [1.165, 1.54) is 0 Å². The van der Waals surface area contributed by atoms with E-state index in [0.717, 1.165) is 15.8 Å². The van der Waals surface area contributed by atoms with Gasteiger partial charge in [-0.25, -0.2) is 0 Å². The molecule has 3 aromatic rings. The zero-order chi connectivity index (χ0) is 17.8. The van der Waals surface area contributed by atoms with Crippen molar-refractivity contribution >= 4 is 21.8 Å². The summed E-state index contributed by atoms with van der Waals surface area (Å²) < 4.78 is 11.1. The fourth-order valence-corrected chi connectivity index (χ4v) is 2.71. The molecule has 1 heterocycles. The summed E-state index contributed by atoms with van der Waals surface area (Å²) in [6.45, 7) is 1.79. The van der Waals surface area contributed by atoms with Gasteiger partial charge in [-0.05, 0) is 59.3 Å². The van der Waals surface area contributed by atoms with Gasteiger partial charge in [0, 0.05) is 10.0 Å². The quantitative estimate of drug-likeness (QED) is 0.698. The average Bonchev–Trinajstić information content (AvgIpc) is 3.12. The second kappa shape index (κ2) is 7.48. The minimum Gasteiger partial charge on any atom is -0.497 e. The maximum atomic E-state index is 12.4. The first kappa shape index (κ1) is 17.2. The van der Waals surface area contributed by atoms with Crippen LogP contribution in [-0.4, -0.2) is 23.2 Å². The molecule has 25 heavy (non-hydrogen) atoms. The van der Waals surface area contributed by atoms with E-state index in [0.29, 0.717) is 17.3 Å². The monoisotopic (exact) mass is 401 g/mol. The third kappa shape index (κ3) is 3.88. The molecule has 6 nitrogen and oxygen atoms in total. The van der Waals surface area contributed by atoms with E-state index >= 15 is 0 Å². The molecule has 1 unspecified atom stereocenters. The van der Waals surface area contributed by atoms with E-state index in [2.05, 4.69) is 31.4 Å². The maximum absolute atomic E-state index is 12.4. The summed E-state index contributed by atoms with van der Waals surface area (Å²) in [5, 5.41) is 6.82. The molecule has 2 aromatic carbocycles. The molecule has 0 spiro atoms. The van der Waals surface area contributed by atoms with Gasteiger partial charge >= 0.3 is 0 Å². The fraction of sp³-hybridized carbons (Fsp3) is 0.167. The zero-order valence-electron chi connectivity index (χ0n) is 13.7. The lowest BCUT2D eigenvalue weighted by molar-refractivity contribution is 0.0931. The highest BCUT2D eigenvalue weighted by atomic mass is 79.9. The van der Waals surface area contributed by atoms with Crippen LogP contribution < -0.4 is 10.1 Å². The van der Waals surface area contributed by atoms with Crippen LogP contribution in [0.1, 0.15) is 29.2 Å². The number of rotatable bonds is 5. The lowest BCUT2D eigenvalue weighted by Crippen LogP contribution is -2.27. The minimum absolute atomic E-state index is 0.218. The van der Waals surface area contributed by atoms with Crippen molar-refractivity contribution in [3.8, 4) is 17.1 Å². The summed E-state index contributed by atoms with van der Waals surface area (Å²) in [4.78, 5) is 16.7. The molecule has 0 radical (unpaired) electrons. The molecule has 0 fully saturated rings. The van der Waals surface area contributed by atoms with Gasteiger partial charge in [0.15, 0.2) is 0 Å². The first-order valence-corrected chi connectivity index (χ1v) is 8.41. The van der Waals surface area contributed by atoms with E-state index in [9.17, 15) is 4.79 Å². The van der Waals surface area contributed by atoms with Gasteiger partial charge < -0.3 is 14.6 Å². The molecular weight excluding hydrogens is 386 g/mol. The third-order valence-electron chi connectivity index (χ3n) is 3.63. The van der Waals surface area contributed by atoms with Gasteiger partial charge in [-0.2, -0.15) is 4.98 Å². The predicted molar refractivity (Wildman–Crippen MR) is 96.3 cm³/mol. The molecule has 1 amide bonds. The molecule has 0 aliphatic heterocycles. The second-order valence-corrected chi connectivity index (χ2v) is 6.21.